The zero-order valence-electron chi connectivity index (χ0n) is 11.6. The van der Waals surface area contributed by atoms with Crippen molar-refractivity contribution in [1.82, 2.24) is 24.9 Å². The third kappa shape index (κ3) is 2.84. The Hall–Kier alpha value is -2.48. The third-order valence-corrected chi connectivity index (χ3v) is 3.60. The van der Waals surface area contributed by atoms with Gasteiger partial charge in [0.2, 0.25) is 17.1 Å². The molecule has 106 valence electrons. The second-order valence-corrected chi connectivity index (χ2v) is 5.42. The van der Waals surface area contributed by atoms with Gasteiger partial charge in [-0.3, -0.25) is 0 Å². The molecule has 0 aliphatic carbocycles. The number of fused-ring (bicyclic) bond motifs is 1. The number of aromatic nitrogens is 5. The summed E-state index contributed by atoms with van der Waals surface area (Å²) in [6.45, 7) is 0. The van der Waals surface area contributed by atoms with Crippen LogP contribution in [-0.2, 0) is 0 Å². The molecule has 0 amide bonds. The van der Waals surface area contributed by atoms with Crippen LogP contribution in [0.5, 0.6) is 0 Å². The molecule has 2 aromatic heterocycles. The molecule has 3 aromatic rings. The molecule has 0 spiro atoms. The van der Waals surface area contributed by atoms with E-state index >= 15 is 0 Å². The van der Waals surface area contributed by atoms with Gasteiger partial charge in [-0.1, -0.05) is 18.2 Å². The topological polar surface area (TPSA) is 93.7 Å². The first-order chi connectivity index (χ1) is 10.1. The first kappa shape index (κ1) is 13.5. The van der Waals surface area contributed by atoms with Crippen molar-refractivity contribution in [2.24, 2.45) is 0 Å². The number of rotatable bonds is 3. The van der Waals surface area contributed by atoms with Crippen molar-refractivity contribution in [3.8, 4) is 0 Å². The van der Waals surface area contributed by atoms with Gasteiger partial charge in [0.05, 0.1) is 5.52 Å². The molecule has 7 nitrogen and oxygen atoms in total. The van der Waals surface area contributed by atoms with E-state index in [1.54, 1.807) is 4.90 Å². The summed E-state index contributed by atoms with van der Waals surface area (Å²) < 4.78 is 0. The summed E-state index contributed by atoms with van der Waals surface area (Å²) in [4.78, 5) is 22.9. The summed E-state index contributed by atoms with van der Waals surface area (Å²) >= 11 is 1.34. The van der Waals surface area contributed by atoms with Crippen LogP contribution in [0.15, 0.2) is 40.8 Å². The predicted octanol–water partition coefficient (Wildman–Crippen LogP) is 1.61. The Kier molecular flexibility index (Phi) is 3.53. The van der Waals surface area contributed by atoms with E-state index in [1.807, 2.05) is 38.4 Å². The van der Waals surface area contributed by atoms with Gasteiger partial charge >= 0.3 is 0 Å². The molecule has 1 aromatic carbocycles. The number of hydrogen-bond donors (Lipinski definition) is 1. The van der Waals surface area contributed by atoms with Crippen LogP contribution in [0.2, 0.25) is 0 Å². The monoisotopic (exact) mass is 299 g/mol. The third-order valence-electron chi connectivity index (χ3n) is 2.71. The Morgan fingerprint density at radius 1 is 1.05 bits per heavy atom. The Labute approximate surface area is 125 Å². The molecule has 3 rings (SSSR count). The summed E-state index contributed by atoms with van der Waals surface area (Å²) in [6, 6.07) is 7.79. The fourth-order valence-electron chi connectivity index (χ4n) is 1.75. The maximum atomic E-state index is 5.73. The van der Waals surface area contributed by atoms with Crippen LogP contribution >= 0.6 is 11.8 Å². The van der Waals surface area contributed by atoms with Gasteiger partial charge in [0.1, 0.15) is 11.4 Å². The van der Waals surface area contributed by atoms with Gasteiger partial charge in [-0.2, -0.15) is 15.0 Å². The number of benzene rings is 1. The molecule has 0 bridgehead atoms. The molecule has 0 aliphatic rings. The van der Waals surface area contributed by atoms with Crippen molar-refractivity contribution in [3.05, 3.63) is 30.6 Å². The van der Waals surface area contributed by atoms with Crippen molar-refractivity contribution >= 4 is 34.6 Å². The molecule has 8 heteroatoms. The van der Waals surface area contributed by atoms with Gasteiger partial charge in [-0.15, -0.1) is 0 Å². The molecule has 0 radical (unpaired) electrons. The smallest absolute Gasteiger partial charge is 0.230 e. The van der Waals surface area contributed by atoms with Crippen LogP contribution in [0.25, 0.3) is 10.9 Å². The Morgan fingerprint density at radius 3 is 2.67 bits per heavy atom. The van der Waals surface area contributed by atoms with Crippen molar-refractivity contribution < 1.29 is 0 Å². The van der Waals surface area contributed by atoms with Crippen molar-refractivity contribution in [3.63, 3.8) is 0 Å². The van der Waals surface area contributed by atoms with E-state index in [0.717, 1.165) is 15.9 Å². The number of anilines is 2. The van der Waals surface area contributed by atoms with Crippen LogP contribution in [0.4, 0.5) is 11.9 Å². The normalized spacial score (nSPS) is 10.8. The van der Waals surface area contributed by atoms with Crippen LogP contribution in [0, 0.1) is 0 Å². The predicted molar refractivity (Wildman–Crippen MR) is 82.2 cm³/mol. The van der Waals surface area contributed by atoms with Crippen LogP contribution in [0.3, 0.4) is 0 Å². The van der Waals surface area contributed by atoms with E-state index in [4.69, 9.17) is 5.73 Å². The second-order valence-electron chi connectivity index (χ2n) is 4.47. The Bertz CT molecular complexity index is 785. The summed E-state index contributed by atoms with van der Waals surface area (Å²) in [5.41, 5.74) is 6.61. The molecule has 2 heterocycles. The number of nitrogen functional groups attached to an aromatic ring is 1. The zero-order valence-corrected chi connectivity index (χ0v) is 12.4. The number of nitrogens with two attached hydrogens (primary N) is 1. The van der Waals surface area contributed by atoms with E-state index in [9.17, 15) is 0 Å². The highest BCUT2D eigenvalue weighted by Gasteiger charge is 2.11. The molecule has 0 aliphatic heterocycles. The quantitative estimate of drug-likeness (QED) is 0.729. The molecule has 0 atom stereocenters. The van der Waals surface area contributed by atoms with Crippen LogP contribution < -0.4 is 10.6 Å². The average Bonchev–Trinajstić information content (AvgIpc) is 2.47. The van der Waals surface area contributed by atoms with Crippen molar-refractivity contribution in [2.45, 2.75) is 10.2 Å². The lowest BCUT2D eigenvalue weighted by Gasteiger charge is -2.11. The molecular formula is C13H13N7S. The molecule has 2 N–H and O–H groups in total. The lowest BCUT2D eigenvalue weighted by atomic mass is 10.2. The zero-order chi connectivity index (χ0) is 14.8. The molecule has 0 saturated carbocycles. The van der Waals surface area contributed by atoms with Crippen molar-refractivity contribution in [1.29, 1.82) is 0 Å². The fourth-order valence-corrected chi connectivity index (χ4v) is 2.58. The van der Waals surface area contributed by atoms with E-state index in [0.29, 0.717) is 11.1 Å². The minimum absolute atomic E-state index is 0.189. The van der Waals surface area contributed by atoms with Gasteiger partial charge in [0.15, 0.2) is 0 Å². The van der Waals surface area contributed by atoms with Gasteiger partial charge in [0, 0.05) is 19.5 Å². The summed E-state index contributed by atoms with van der Waals surface area (Å²) in [5.74, 6) is 0.706. The SMILES string of the molecule is CN(C)c1nc(N)nc(Sc2ncnc3ccccc23)n1. The fraction of sp³-hybridized carbons (Fsp3) is 0.154. The van der Waals surface area contributed by atoms with E-state index in [-0.39, 0.29) is 5.95 Å². The minimum atomic E-state index is 0.189. The second kappa shape index (κ2) is 5.49. The standard InChI is InChI=1S/C13H13N7S/c1-20(2)12-17-11(14)18-13(19-12)21-10-8-5-3-4-6-9(8)15-7-16-10/h3-7H,1-2H3,(H2,14,17,18,19). The highest BCUT2D eigenvalue weighted by molar-refractivity contribution is 7.99. The van der Waals surface area contributed by atoms with Gasteiger partial charge < -0.3 is 10.6 Å². The largest absolute Gasteiger partial charge is 0.368 e. The highest BCUT2D eigenvalue weighted by atomic mass is 32.2. The molecule has 0 unspecified atom stereocenters. The number of para-hydroxylation sites is 1. The molecule has 0 saturated heterocycles. The molecular weight excluding hydrogens is 286 g/mol. The summed E-state index contributed by atoms with van der Waals surface area (Å²) in [5, 5.41) is 2.25. The Balaban J connectivity index is 2.03. The minimum Gasteiger partial charge on any atom is -0.368 e. The van der Waals surface area contributed by atoms with Crippen molar-refractivity contribution in [2.75, 3.05) is 24.7 Å². The average molecular weight is 299 g/mol. The highest BCUT2D eigenvalue weighted by Crippen LogP contribution is 2.29. The molecule has 0 fully saturated rings. The van der Waals surface area contributed by atoms with Crippen LogP contribution in [0.1, 0.15) is 0 Å². The maximum Gasteiger partial charge on any atom is 0.230 e. The van der Waals surface area contributed by atoms with Gasteiger partial charge in [-0.05, 0) is 17.8 Å². The first-order valence-electron chi connectivity index (χ1n) is 6.20. The maximum absolute atomic E-state index is 5.73. The summed E-state index contributed by atoms with van der Waals surface area (Å²) in [7, 11) is 3.70. The van der Waals surface area contributed by atoms with E-state index in [2.05, 4.69) is 24.9 Å². The van der Waals surface area contributed by atoms with Gasteiger partial charge in [-0.25, -0.2) is 9.97 Å². The lowest BCUT2D eigenvalue weighted by Crippen LogP contribution is -2.15. The molecule has 21 heavy (non-hydrogen) atoms. The Morgan fingerprint density at radius 2 is 1.86 bits per heavy atom. The first-order valence-corrected chi connectivity index (χ1v) is 7.01. The number of nitrogens with zero attached hydrogens (tertiary/aromatic N) is 6. The number of hydrogen-bond acceptors (Lipinski definition) is 8. The van der Waals surface area contributed by atoms with E-state index in [1.165, 1.54) is 18.1 Å². The van der Waals surface area contributed by atoms with Crippen LogP contribution in [-0.4, -0.2) is 39.0 Å². The lowest BCUT2D eigenvalue weighted by molar-refractivity contribution is 0.874. The van der Waals surface area contributed by atoms with E-state index < -0.39 is 0 Å². The summed E-state index contributed by atoms with van der Waals surface area (Å²) in [6.07, 6.45) is 1.53. The van der Waals surface area contributed by atoms with Gasteiger partial charge in [0.25, 0.3) is 0 Å².